The SMILES string of the molecule is C=C(NC)C1=C(C)Cc2cc(Cc3ncnc4cc(OC)c(OC)cc34)ccc21. The highest BCUT2D eigenvalue weighted by molar-refractivity contribution is 5.86. The number of nitrogens with one attached hydrogen (secondary N) is 1. The molecule has 5 heteroatoms. The minimum absolute atomic E-state index is 0.668. The molecule has 1 aromatic heterocycles. The van der Waals surface area contributed by atoms with Crippen LogP contribution in [-0.4, -0.2) is 31.2 Å². The number of allylic oxidation sites excluding steroid dienone is 2. The third-order valence-corrected chi connectivity index (χ3v) is 5.52. The van der Waals surface area contributed by atoms with Crippen LogP contribution in [0, 0.1) is 0 Å². The average Bonchev–Trinajstić information content (AvgIpc) is 3.07. The van der Waals surface area contributed by atoms with Crippen LogP contribution in [0.15, 0.2) is 54.5 Å². The second-order valence-corrected chi connectivity index (χ2v) is 7.27. The molecular weight excluding hydrogens is 362 g/mol. The lowest BCUT2D eigenvalue weighted by atomic mass is 9.98. The highest BCUT2D eigenvalue weighted by Crippen LogP contribution is 2.37. The van der Waals surface area contributed by atoms with Gasteiger partial charge in [-0.2, -0.15) is 0 Å². The van der Waals surface area contributed by atoms with Crippen LogP contribution in [0.1, 0.15) is 29.3 Å². The van der Waals surface area contributed by atoms with E-state index in [9.17, 15) is 0 Å². The Bertz CT molecular complexity index is 1150. The molecule has 29 heavy (non-hydrogen) atoms. The molecule has 0 aliphatic heterocycles. The molecule has 1 aliphatic rings. The van der Waals surface area contributed by atoms with Gasteiger partial charge < -0.3 is 14.8 Å². The zero-order valence-corrected chi connectivity index (χ0v) is 17.3. The van der Waals surface area contributed by atoms with Crippen molar-refractivity contribution < 1.29 is 9.47 Å². The number of methoxy groups -OCH3 is 2. The summed E-state index contributed by atoms with van der Waals surface area (Å²) in [4.78, 5) is 8.96. The number of nitrogens with zero attached hydrogens (tertiary/aromatic N) is 2. The van der Waals surface area contributed by atoms with Crippen LogP contribution in [0.3, 0.4) is 0 Å². The normalized spacial score (nSPS) is 12.8. The molecule has 2 aromatic carbocycles. The van der Waals surface area contributed by atoms with Gasteiger partial charge in [-0.15, -0.1) is 0 Å². The van der Waals surface area contributed by atoms with Crippen molar-refractivity contribution in [1.29, 1.82) is 0 Å². The van der Waals surface area contributed by atoms with Crippen LogP contribution in [0.5, 0.6) is 11.5 Å². The average molecular weight is 387 g/mol. The zero-order valence-electron chi connectivity index (χ0n) is 17.3. The maximum absolute atomic E-state index is 5.47. The summed E-state index contributed by atoms with van der Waals surface area (Å²) in [6.07, 6.45) is 3.29. The third kappa shape index (κ3) is 3.33. The first kappa shape index (κ1) is 19.0. The molecule has 0 saturated heterocycles. The Morgan fingerprint density at radius 1 is 1.10 bits per heavy atom. The molecule has 0 radical (unpaired) electrons. The lowest BCUT2D eigenvalue weighted by molar-refractivity contribution is 0.355. The van der Waals surface area contributed by atoms with Crippen molar-refractivity contribution in [3.05, 3.63) is 76.9 Å². The Hall–Kier alpha value is -3.34. The quantitative estimate of drug-likeness (QED) is 0.683. The van der Waals surface area contributed by atoms with E-state index < -0.39 is 0 Å². The molecule has 1 N–H and O–H groups in total. The molecule has 4 rings (SSSR count). The molecule has 0 bridgehead atoms. The summed E-state index contributed by atoms with van der Waals surface area (Å²) in [6, 6.07) is 10.5. The van der Waals surface area contributed by atoms with Crippen LogP contribution in [0.4, 0.5) is 0 Å². The highest BCUT2D eigenvalue weighted by Gasteiger charge is 2.21. The van der Waals surface area contributed by atoms with Gasteiger partial charge in [-0.1, -0.05) is 30.4 Å². The summed E-state index contributed by atoms with van der Waals surface area (Å²) in [5.41, 5.74) is 9.20. The molecule has 0 spiro atoms. The minimum Gasteiger partial charge on any atom is -0.493 e. The maximum Gasteiger partial charge on any atom is 0.162 e. The third-order valence-electron chi connectivity index (χ3n) is 5.52. The predicted octanol–water partition coefficient (Wildman–Crippen LogP) is 4.30. The second kappa shape index (κ2) is 7.59. The number of likely N-dealkylation sites (N-methyl/N-ethyl adjacent to an activating group) is 1. The van der Waals surface area contributed by atoms with Gasteiger partial charge in [0, 0.05) is 36.2 Å². The van der Waals surface area contributed by atoms with Gasteiger partial charge in [-0.25, -0.2) is 9.97 Å². The van der Waals surface area contributed by atoms with Crippen molar-refractivity contribution in [2.45, 2.75) is 19.8 Å². The van der Waals surface area contributed by atoms with Crippen LogP contribution < -0.4 is 14.8 Å². The Labute approximate surface area is 171 Å². The van der Waals surface area contributed by atoms with Crippen molar-refractivity contribution in [3.8, 4) is 11.5 Å². The van der Waals surface area contributed by atoms with E-state index >= 15 is 0 Å². The van der Waals surface area contributed by atoms with E-state index in [4.69, 9.17) is 9.47 Å². The van der Waals surface area contributed by atoms with E-state index in [1.165, 1.54) is 27.8 Å². The van der Waals surface area contributed by atoms with Crippen molar-refractivity contribution in [3.63, 3.8) is 0 Å². The van der Waals surface area contributed by atoms with Gasteiger partial charge >= 0.3 is 0 Å². The van der Waals surface area contributed by atoms with E-state index in [0.29, 0.717) is 11.5 Å². The Kier molecular flexibility index (Phi) is 4.97. The molecule has 3 aromatic rings. The molecule has 0 amide bonds. The van der Waals surface area contributed by atoms with Gasteiger partial charge in [0.15, 0.2) is 11.5 Å². The Morgan fingerprint density at radius 3 is 2.59 bits per heavy atom. The fourth-order valence-corrected chi connectivity index (χ4v) is 4.07. The highest BCUT2D eigenvalue weighted by atomic mass is 16.5. The molecule has 1 aliphatic carbocycles. The van der Waals surface area contributed by atoms with Crippen molar-refractivity contribution in [2.24, 2.45) is 0 Å². The number of fused-ring (bicyclic) bond motifs is 2. The van der Waals surface area contributed by atoms with E-state index in [0.717, 1.165) is 35.1 Å². The number of rotatable bonds is 6. The van der Waals surface area contributed by atoms with Crippen LogP contribution >= 0.6 is 0 Å². The van der Waals surface area contributed by atoms with Gasteiger partial charge in [0.1, 0.15) is 6.33 Å². The van der Waals surface area contributed by atoms with Crippen LogP contribution in [-0.2, 0) is 12.8 Å². The van der Waals surface area contributed by atoms with Crippen molar-refractivity contribution >= 4 is 16.5 Å². The fourth-order valence-electron chi connectivity index (χ4n) is 4.07. The first-order valence-electron chi connectivity index (χ1n) is 9.60. The molecule has 0 saturated carbocycles. The van der Waals surface area contributed by atoms with Crippen molar-refractivity contribution in [2.75, 3.05) is 21.3 Å². The van der Waals surface area contributed by atoms with E-state index in [-0.39, 0.29) is 0 Å². The van der Waals surface area contributed by atoms with Crippen LogP contribution in [0.25, 0.3) is 16.5 Å². The largest absolute Gasteiger partial charge is 0.493 e. The molecule has 0 fully saturated rings. The summed E-state index contributed by atoms with van der Waals surface area (Å²) >= 11 is 0. The predicted molar refractivity (Wildman–Crippen MR) is 116 cm³/mol. The standard InChI is InChI=1S/C24H25N3O2/c1-14-8-17-9-16(6-7-18(17)24(14)15(2)25-3)10-20-19-11-22(28-4)23(29-5)12-21(19)27-13-26-20/h6-7,9,11-13,25H,2,8,10H2,1,3-5H3. The van der Waals surface area contributed by atoms with E-state index in [1.54, 1.807) is 20.5 Å². The number of hydrogen-bond donors (Lipinski definition) is 1. The van der Waals surface area contributed by atoms with Gasteiger partial charge in [-0.05, 0) is 36.1 Å². The summed E-state index contributed by atoms with van der Waals surface area (Å²) < 4.78 is 10.9. The van der Waals surface area contributed by atoms with Crippen LogP contribution in [0.2, 0.25) is 0 Å². The summed E-state index contributed by atoms with van der Waals surface area (Å²) in [6.45, 7) is 6.33. The lowest BCUT2D eigenvalue weighted by Crippen LogP contribution is -2.06. The number of benzene rings is 2. The van der Waals surface area contributed by atoms with Gasteiger partial charge in [0.25, 0.3) is 0 Å². The smallest absolute Gasteiger partial charge is 0.162 e. The molecule has 1 heterocycles. The monoisotopic (exact) mass is 387 g/mol. The van der Waals surface area contributed by atoms with E-state index in [1.807, 2.05) is 19.2 Å². The van der Waals surface area contributed by atoms with Gasteiger partial charge in [0.05, 0.1) is 25.4 Å². The first-order chi connectivity index (χ1) is 14.0. The zero-order chi connectivity index (χ0) is 20.5. The van der Waals surface area contributed by atoms with Gasteiger partial charge in [0.2, 0.25) is 0 Å². The van der Waals surface area contributed by atoms with Gasteiger partial charge in [-0.3, -0.25) is 0 Å². The minimum atomic E-state index is 0.668. The number of aromatic nitrogens is 2. The Balaban J connectivity index is 1.70. The first-order valence-corrected chi connectivity index (χ1v) is 9.60. The number of hydrogen-bond acceptors (Lipinski definition) is 5. The molecule has 5 nitrogen and oxygen atoms in total. The maximum atomic E-state index is 5.47. The summed E-state index contributed by atoms with van der Waals surface area (Å²) in [7, 11) is 5.18. The summed E-state index contributed by atoms with van der Waals surface area (Å²) in [5.74, 6) is 1.35. The van der Waals surface area contributed by atoms with E-state index in [2.05, 4.69) is 47.0 Å². The molecular formula is C24H25N3O2. The molecule has 148 valence electrons. The number of ether oxygens (including phenoxy) is 2. The molecule has 0 atom stereocenters. The Morgan fingerprint density at radius 2 is 1.86 bits per heavy atom. The topological polar surface area (TPSA) is 56.3 Å². The fraction of sp³-hybridized carbons (Fsp3) is 0.250. The summed E-state index contributed by atoms with van der Waals surface area (Å²) in [5, 5.41) is 4.16. The molecule has 0 unspecified atom stereocenters. The van der Waals surface area contributed by atoms with Crippen molar-refractivity contribution in [1.82, 2.24) is 15.3 Å². The lowest BCUT2D eigenvalue weighted by Gasteiger charge is -2.12. The second-order valence-electron chi connectivity index (χ2n) is 7.27.